The van der Waals surface area contributed by atoms with Crippen LogP contribution in [0.3, 0.4) is 0 Å². The minimum atomic E-state index is 0. The van der Waals surface area contributed by atoms with Crippen LogP contribution in [0.2, 0.25) is 0 Å². The average Bonchev–Trinajstić information content (AvgIpc) is 2.95. The molecule has 5 nitrogen and oxygen atoms in total. The molecule has 0 fully saturated rings. The summed E-state index contributed by atoms with van der Waals surface area (Å²) in [5.74, 6) is 1.81. The van der Waals surface area contributed by atoms with E-state index in [2.05, 4.69) is 53.9 Å². The van der Waals surface area contributed by atoms with Crippen molar-refractivity contribution in [1.82, 2.24) is 15.8 Å². The second kappa shape index (κ2) is 13.0. The van der Waals surface area contributed by atoms with Gasteiger partial charge in [0.1, 0.15) is 5.76 Å². The zero-order valence-corrected chi connectivity index (χ0v) is 19.8. The maximum Gasteiger partial charge on any atom is 0.191 e. The number of aryl methyl sites for hydroxylation is 2. The Morgan fingerprint density at radius 1 is 1.22 bits per heavy atom. The van der Waals surface area contributed by atoms with E-state index in [1.165, 1.54) is 10.5 Å². The molecular weight excluding hydrogens is 471 g/mol. The lowest BCUT2D eigenvalue weighted by Gasteiger charge is -2.13. The molecule has 1 atom stereocenters. The summed E-state index contributed by atoms with van der Waals surface area (Å²) in [6.45, 7) is 10.8. The number of halogens is 1. The molecule has 150 valence electrons. The third kappa shape index (κ3) is 8.55. The van der Waals surface area contributed by atoms with Crippen molar-refractivity contribution in [3.63, 3.8) is 0 Å². The van der Waals surface area contributed by atoms with Crippen LogP contribution < -0.4 is 10.6 Å². The summed E-state index contributed by atoms with van der Waals surface area (Å²) in [6, 6.07) is 10.5. The van der Waals surface area contributed by atoms with E-state index in [0.29, 0.717) is 5.25 Å². The number of thioether (sulfide) groups is 1. The minimum absolute atomic E-state index is 0. The van der Waals surface area contributed by atoms with Gasteiger partial charge in [-0.05, 0) is 45.7 Å². The molecule has 0 radical (unpaired) electrons. The Bertz CT molecular complexity index is 671. The van der Waals surface area contributed by atoms with Crippen molar-refractivity contribution in [2.75, 3.05) is 19.6 Å². The largest absolute Gasteiger partial charge is 0.361 e. The molecule has 1 aromatic heterocycles. The minimum Gasteiger partial charge on any atom is -0.361 e. The van der Waals surface area contributed by atoms with Gasteiger partial charge < -0.3 is 15.2 Å². The third-order valence-corrected chi connectivity index (χ3v) is 5.10. The lowest BCUT2D eigenvalue weighted by molar-refractivity contribution is 0.392. The van der Waals surface area contributed by atoms with Crippen LogP contribution in [0.25, 0.3) is 0 Å². The molecule has 0 bridgehead atoms. The molecule has 0 aliphatic carbocycles. The van der Waals surface area contributed by atoms with E-state index in [9.17, 15) is 0 Å². The van der Waals surface area contributed by atoms with Crippen LogP contribution in [-0.4, -0.2) is 36.0 Å². The standard InChI is InChI=1S/C20H30N4OS.HI/c1-5-21-20(22-13-9-12-19-16(3)24-25-17(19)4)23-14-15(2)26-18-10-7-6-8-11-18;/h6-8,10-11,15H,5,9,12-14H2,1-4H3,(H2,21,22,23);1H. The van der Waals surface area contributed by atoms with Crippen LogP contribution in [0, 0.1) is 13.8 Å². The fraction of sp³-hybridized carbons (Fsp3) is 0.500. The van der Waals surface area contributed by atoms with Gasteiger partial charge in [0, 0.05) is 28.8 Å². The maximum absolute atomic E-state index is 5.22. The number of hydrogen-bond donors (Lipinski definition) is 2. The highest BCUT2D eigenvalue weighted by Gasteiger charge is 2.08. The number of nitrogens with zero attached hydrogens (tertiary/aromatic N) is 2. The summed E-state index contributed by atoms with van der Waals surface area (Å²) in [5.41, 5.74) is 2.22. The number of rotatable bonds is 9. The molecule has 27 heavy (non-hydrogen) atoms. The van der Waals surface area contributed by atoms with E-state index in [4.69, 9.17) is 9.52 Å². The van der Waals surface area contributed by atoms with Gasteiger partial charge in [0.15, 0.2) is 5.96 Å². The zero-order chi connectivity index (χ0) is 18.8. The van der Waals surface area contributed by atoms with Crippen LogP contribution in [0.15, 0.2) is 44.7 Å². The highest BCUT2D eigenvalue weighted by Crippen LogP contribution is 2.22. The first-order chi connectivity index (χ1) is 12.6. The first-order valence-electron chi connectivity index (χ1n) is 9.25. The monoisotopic (exact) mass is 502 g/mol. The van der Waals surface area contributed by atoms with Gasteiger partial charge in [-0.1, -0.05) is 30.3 Å². The second-order valence-corrected chi connectivity index (χ2v) is 7.81. The third-order valence-electron chi connectivity index (χ3n) is 4.01. The van der Waals surface area contributed by atoms with E-state index in [0.717, 1.165) is 49.9 Å². The molecule has 1 heterocycles. The summed E-state index contributed by atoms with van der Waals surface area (Å²) in [5, 5.41) is 11.2. The van der Waals surface area contributed by atoms with E-state index in [1.807, 2.05) is 31.7 Å². The molecule has 1 unspecified atom stereocenters. The number of hydrogen-bond acceptors (Lipinski definition) is 4. The Kier molecular flexibility index (Phi) is 11.5. The van der Waals surface area contributed by atoms with Crippen molar-refractivity contribution < 1.29 is 4.52 Å². The van der Waals surface area contributed by atoms with Crippen LogP contribution in [0.1, 0.15) is 37.3 Å². The Balaban J connectivity index is 0.00000364. The Morgan fingerprint density at radius 2 is 1.96 bits per heavy atom. The molecule has 0 aliphatic heterocycles. The Hall–Kier alpha value is -1.22. The summed E-state index contributed by atoms with van der Waals surface area (Å²) in [4.78, 5) is 6.01. The van der Waals surface area contributed by atoms with Crippen LogP contribution in [0.5, 0.6) is 0 Å². The lowest BCUT2D eigenvalue weighted by Crippen LogP contribution is -2.38. The number of guanidine groups is 1. The summed E-state index contributed by atoms with van der Waals surface area (Å²) < 4.78 is 5.22. The quantitative estimate of drug-likeness (QED) is 0.173. The number of aliphatic imine (C=N–C) groups is 1. The Labute approximate surface area is 184 Å². The summed E-state index contributed by atoms with van der Waals surface area (Å²) >= 11 is 1.85. The molecule has 2 N–H and O–H groups in total. The predicted molar refractivity (Wildman–Crippen MR) is 125 cm³/mol. The fourth-order valence-corrected chi connectivity index (χ4v) is 3.59. The van der Waals surface area contributed by atoms with Crippen LogP contribution in [-0.2, 0) is 6.42 Å². The zero-order valence-electron chi connectivity index (χ0n) is 16.6. The average molecular weight is 502 g/mol. The molecule has 0 aliphatic rings. The van der Waals surface area contributed by atoms with Crippen molar-refractivity contribution in [3.8, 4) is 0 Å². The van der Waals surface area contributed by atoms with E-state index in [1.54, 1.807) is 0 Å². The molecule has 0 saturated carbocycles. The molecule has 0 amide bonds. The van der Waals surface area contributed by atoms with Gasteiger partial charge in [-0.25, -0.2) is 0 Å². The number of aromatic nitrogens is 1. The first kappa shape index (κ1) is 23.8. The summed E-state index contributed by atoms with van der Waals surface area (Å²) in [6.07, 6.45) is 1.98. The number of benzene rings is 1. The van der Waals surface area contributed by atoms with Gasteiger partial charge in [0.2, 0.25) is 0 Å². The molecular formula is C20H31IN4OS. The molecule has 7 heteroatoms. The van der Waals surface area contributed by atoms with Gasteiger partial charge in [-0.15, -0.1) is 35.7 Å². The highest BCUT2D eigenvalue weighted by atomic mass is 127. The van der Waals surface area contributed by atoms with Crippen molar-refractivity contribution in [2.24, 2.45) is 4.99 Å². The predicted octanol–water partition coefficient (Wildman–Crippen LogP) is 4.58. The summed E-state index contributed by atoms with van der Waals surface area (Å²) in [7, 11) is 0. The number of nitrogens with one attached hydrogen (secondary N) is 2. The van der Waals surface area contributed by atoms with E-state index < -0.39 is 0 Å². The normalized spacial score (nSPS) is 12.4. The molecule has 2 aromatic rings. The van der Waals surface area contributed by atoms with Gasteiger partial charge in [0.25, 0.3) is 0 Å². The SMILES string of the molecule is CCNC(=NCC(C)Sc1ccccc1)NCCCc1c(C)noc1C.I. The van der Waals surface area contributed by atoms with E-state index >= 15 is 0 Å². The van der Waals surface area contributed by atoms with Gasteiger partial charge in [-0.2, -0.15) is 0 Å². The van der Waals surface area contributed by atoms with Crippen molar-refractivity contribution >= 4 is 41.7 Å². The maximum atomic E-state index is 5.22. The van der Waals surface area contributed by atoms with Crippen LogP contribution >= 0.6 is 35.7 Å². The first-order valence-corrected chi connectivity index (χ1v) is 10.1. The molecule has 0 saturated heterocycles. The smallest absolute Gasteiger partial charge is 0.191 e. The molecule has 0 spiro atoms. The van der Waals surface area contributed by atoms with Gasteiger partial charge in [0.05, 0.1) is 12.2 Å². The van der Waals surface area contributed by atoms with Crippen molar-refractivity contribution in [3.05, 3.63) is 47.3 Å². The van der Waals surface area contributed by atoms with E-state index in [-0.39, 0.29) is 24.0 Å². The second-order valence-electron chi connectivity index (χ2n) is 6.29. The van der Waals surface area contributed by atoms with Gasteiger partial charge in [-0.3, -0.25) is 4.99 Å². The molecule has 1 aromatic carbocycles. The highest BCUT2D eigenvalue weighted by molar-refractivity contribution is 14.0. The van der Waals surface area contributed by atoms with Crippen molar-refractivity contribution in [2.45, 2.75) is 50.7 Å². The van der Waals surface area contributed by atoms with Gasteiger partial charge >= 0.3 is 0 Å². The fourth-order valence-electron chi connectivity index (χ4n) is 2.66. The van der Waals surface area contributed by atoms with Crippen molar-refractivity contribution in [1.29, 1.82) is 0 Å². The Morgan fingerprint density at radius 3 is 2.59 bits per heavy atom. The van der Waals surface area contributed by atoms with Crippen LogP contribution in [0.4, 0.5) is 0 Å². The lowest BCUT2D eigenvalue weighted by atomic mass is 10.1. The molecule has 2 rings (SSSR count). The topological polar surface area (TPSA) is 62.5 Å².